The Balaban J connectivity index is 1.50. The molecule has 4 nitrogen and oxygen atoms in total. The third kappa shape index (κ3) is 6.85. The summed E-state index contributed by atoms with van der Waals surface area (Å²) >= 11 is 0. The van der Waals surface area contributed by atoms with Crippen molar-refractivity contribution in [1.29, 1.82) is 0 Å². The van der Waals surface area contributed by atoms with Crippen LogP contribution in [-0.4, -0.2) is 20.4 Å². The second-order valence-electron chi connectivity index (χ2n) is 16.9. The maximum absolute atomic E-state index is 4.80. The lowest BCUT2D eigenvalue weighted by Crippen LogP contribution is -2.19. The van der Waals surface area contributed by atoms with Crippen LogP contribution in [0.1, 0.15) is 111 Å². The first kappa shape index (κ1) is 32.5. The van der Waals surface area contributed by atoms with Crippen molar-refractivity contribution in [3.05, 3.63) is 94.5 Å². The Kier molecular flexibility index (Phi) is 8.05. The molecular weight excluding hydrogens is 548 g/mol. The Morgan fingerprint density at radius 1 is 0.444 bits per heavy atom. The Hall–Kier alpha value is -3.92. The number of aromatic nitrogens is 4. The summed E-state index contributed by atoms with van der Waals surface area (Å²) in [6, 6.07) is 24.5. The predicted molar refractivity (Wildman–Crippen MR) is 192 cm³/mol. The molecule has 0 atom stereocenters. The van der Waals surface area contributed by atoms with Crippen LogP contribution in [0.4, 0.5) is 0 Å². The molecule has 0 bridgehead atoms. The highest BCUT2D eigenvalue weighted by atomic mass is 15.1. The molecule has 5 rings (SSSR count). The van der Waals surface area contributed by atoms with Gasteiger partial charge in [-0.2, -0.15) is 10.2 Å². The van der Waals surface area contributed by atoms with Crippen molar-refractivity contribution < 1.29 is 0 Å². The fourth-order valence-electron chi connectivity index (χ4n) is 6.15. The number of rotatable bonds is 4. The first-order valence-corrected chi connectivity index (χ1v) is 16.3. The molecule has 3 aromatic carbocycles. The molecule has 0 spiro atoms. The molecule has 2 N–H and O–H groups in total. The lowest BCUT2D eigenvalue weighted by atomic mass is 9.75. The van der Waals surface area contributed by atoms with Gasteiger partial charge in [0.25, 0.3) is 0 Å². The molecule has 0 aliphatic rings. The van der Waals surface area contributed by atoms with Crippen molar-refractivity contribution in [2.45, 2.75) is 112 Å². The quantitative estimate of drug-likeness (QED) is 0.216. The topological polar surface area (TPSA) is 57.4 Å². The van der Waals surface area contributed by atoms with Gasteiger partial charge in [0, 0.05) is 22.3 Å². The molecule has 0 amide bonds. The Morgan fingerprint density at radius 2 is 0.844 bits per heavy atom. The highest BCUT2D eigenvalue weighted by Crippen LogP contribution is 2.39. The van der Waals surface area contributed by atoms with Crippen LogP contribution in [0.15, 0.2) is 66.7 Å². The van der Waals surface area contributed by atoms with Crippen molar-refractivity contribution in [1.82, 2.24) is 20.4 Å². The van der Waals surface area contributed by atoms with E-state index in [1.165, 1.54) is 27.8 Å². The highest BCUT2D eigenvalue weighted by Gasteiger charge is 2.26. The summed E-state index contributed by atoms with van der Waals surface area (Å²) in [5.74, 6) is 0. The van der Waals surface area contributed by atoms with Gasteiger partial charge in [0.1, 0.15) is 0 Å². The fourth-order valence-corrected chi connectivity index (χ4v) is 6.15. The van der Waals surface area contributed by atoms with Gasteiger partial charge < -0.3 is 0 Å². The van der Waals surface area contributed by atoms with Gasteiger partial charge in [0.05, 0.1) is 22.8 Å². The molecule has 2 aromatic heterocycles. The normalized spacial score (nSPS) is 13.0. The van der Waals surface area contributed by atoms with Crippen LogP contribution in [0, 0.1) is 6.92 Å². The van der Waals surface area contributed by atoms with Gasteiger partial charge in [0.15, 0.2) is 0 Å². The molecule has 0 aliphatic carbocycles. The SMILES string of the molecule is Cc1c(C(C)(C)C)cc(-c2cc(-c3cccc(-c4cc(-c5cc(C(C)(C)C)cc(C(C)(C)C)c5)n[nH]4)c3)[nH]n2)cc1C(C)(C)C. The van der Waals surface area contributed by atoms with E-state index >= 15 is 0 Å². The maximum atomic E-state index is 4.80. The molecule has 0 saturated heterocycles. The summed E-state index contributed by atoms with van der Waals surface area (Å²) in [6.45, 7) is 29.6. The Morgan fingerprint density at radius 3 is 1.22 bits per heavy atom. The molecule has 2 heterocycles. The number of benzene rings is 3. The van der Waals surface area contributed by atoms with Crippen LogP contribution in [0.3, 0.4) is 0 Å². The summed E-state index contributed by atoms with van der Waals surface area (Å²) in [5.41, 5.74) is 15.3. The van der Waals surface area contributed by atoms with Gasteiger partial charge in [-0.15, -0.1) is 0 Å². The molecule has 0 fully saturated rings. The van der Waals surface area contributed by atoms with Crippen LogP contribution >= 0.6 is 0 Å². The lowest BCUT2D eigenvalue weighted by molar-refractivity contribution is 0.561. The standard InChI is InChI=1S/C41H52N4/c1-25-32(40(8,9)10)20-29(21-33(25)41(11,12)13)37-24-35(43-45-37)27-16-14-15-26(17-27)34-23-36(44-42-34)28-18-30(38(2,3)4)22-31(19-28)39(5,6)7/h14-24H,1-13H3,(H,42,44)(H,43,45). The third-order valence-corrected chi connectivity index (χ3v) is 8.92. The fraction of sp³-hybridized carbons (Fsp3) is 0.415. The van der Waals surface area contributed by atoms with E-state index in [0.717, 1.165) is 45.0 Å². The van der Waals surface area contributed by atoms with Gasteiger partial charge >= 0.3 is 0 Å². The highest BCUT2D eigenvalue weighted by molar-refractivity contribution is 5.75. The van der Waals surface area contributed by atoms with E-state index in [1.54, 1.807) is 0 Å². The van der Waals surface area contributed by atoms with Crippen LogP contribution < -0.4 is 0 Å². The zero-order valence-electron chi connectivity index (χ0n) is 29.7. The van der Waals surface area contributed by atoms with Gasteiger partial charge in [-0.1, -0.05) is 107 Å². The van der Waals surface area contributed by atoms with Crippen molar-refractivity contribution in [3.63, 3.8) is 0 Å². The largest absolute Gasteiger partial charge is 0.277 e. The van der Waals surface area contributed by atoms with Crippen molar-refractivity contribution >= 4 is 0 Å². The van der Waals surface area contributed by atoms with Crippen molar-refractivity contribution in [2.24, 2.45) is 0 Å². The molecule has 0 aliphatic heterocycles. The number of nitrogens with zero attached hydrogens (tertiary/aromatic N) is 2. The molecule has 236 valence electrons. The molecular formula is C41H52N4. The minimum Gasteiger partial charge on any atom is -0.277 e. The zero-order valence-corrected chi connectivity index (χ0v) is 29.7. The van der Waals surface area contributed by atoms with Crippen molar-refractivity contribution in [3.8, 4) is 45.0 Å². The number of hydrogen-bond donors (Lipinski definition) is 2. The third-order valence-electron chi connectivity index (χ3n) is 8.92. The van der Waals surface area contributed by atoms with E-state index in [0.29, 0.717) is 0 Å². The number of hydrogen-bond acceptors (Lipinski definition) is 2. The molecule has 4 heteroatoms. The van der Waals surface area contributed by atoms with Gasteiger partial charge in [-0.05, 0) is 98.9 Å². The van der Waals surface area contributed by atoms with Crippen LogP contribution in [0.2, 0.25) is 0 Å². The van der Waals surface area contributed by atoms with Gasteiger partial charge in [-0.25, -0.2) is 0 Å². The van der Waals surface area contributed by atoms with E-state index in [4.69, 9.17) is 10.2 Å². The average Bonchev–Trinajstić information content (AvgIpc) is 3.62. The summed E-state index contributed by atoms with van der Waals surface area (Å²) < 4.78 is 0. The number of aromatic amines is 2. The second-order valence-corrected chi connectivity index (χ2v) is 16.9. The zero-order chi connectivity index (χ0) is 33.1. The summed E-state index contributed by atoms with van der Waals surface area (Å²) in [4.78, 5) is 0. The first-order valence-electron chi connectivity index (χ1n) is 16.3. The summed E-state index contributed by atoms with van der Waals surface area (Å²) in [7, 11) is 0. The summed E-state index contributed by atoms with van der Waals surface area (Å²) in [5, 5.41) is 16.2. The monoisotopic (exact) mass is 600 g/mol. The molecule has 0 saturated carbocycles. The number of H-pyrrole nitrogens is 2. The lowest BCUT2D eigenvalue weighted by Gasteiger charge is -2.29. The summed E-state index contributed by atoms with van der Waals surface area (Å²) in [6.07, 6.45) is 0. The minimum absolute atomic E-state index is 0.0405. The predicted octanol–water partition coefficient (Wildman–Crippen LogP) is 11.3. The molecule has 5 aromatic rings. The molecule has 45 heavy (non-hydrogen) atoms. The molecule has 0 unspecified atom stereocenters. The van der Waals surface area contributed by atoms with E-state index in [-0.39, 0.29) is 21.7 Å². The van der Waals surface area contributed by atoms with Crippen LogP contribution in [0.25, 0.3) is 45.0 Å². The van der Waals surface area contributed by atoms with E-state index in [9.17, 15) is 0 Å². The van der Waals surface area contributed by atoms with E-state index < -0.39 is 0 Å². The second kappa shape index (κ2) is 11.2. The van der Waals surface area contributed by atoms with E-state index in [2.05, 4.69) is 167 Å². The minimum atomic E-state index is 0.0405. The first-order chi connectivity index (χ1) is 20.7. The van der Waals surface area contributed by atoms with Gasteiger partial charge in [-0.3, -0.25) is 10.2 Å². The Labute approximate surface area is 271 Å². The van der Waals surface area contributed by atoms with Crippen LogP contribution in [0.5, 0.6) is 0 Å². The van der Waals surface area contributed by atoms with Crippen LogP contribution in [-0.2, 0) is 21.7 Å². The van der Waals surface area contributed by atoms with Gasteiger partial charge in [0.2, 0.25) is 0 Å². The smallest absolute Gasteiger partial charge is 0.0927 e. The van der Waals surface area contributed by atoms with E-state index in [1.807, 2.05) is 0 Å². The maximum Gasteiger partial charge on any atom is 0.0927 e. The number of nitrogens with one attached hydrogen (secondary N) is 2. The Bertz CT molecular complexity index is 1770. The average molecular weight is 601 g/mol. The van der Waals surface area contributed by atoms with Crippen molar-refractivity contribution in [2.75, 3.05) is 0 Å². The molecule has 0 radical (unpaired) electrons.